The number of rotatable bonds is 5. The van der Waals surface area contributed by atoms with E-state index in [4.69, 9.17) is 5.73 Å². The van der Waals surface area contributed by atoms with Crippen molar-refractivity contribution >= 4 is 11.3 Å². The van der Waals surface area contributed by atoms with E-state index in [9.17, 15) is 0 Å². The normalized spacial score (nSPS) is 10.7. The fraction of sp³-hybridized carbons (Fsp3) is 0.400. The number of hydrogen-bond acceptors (Lipinski definition) is 4. The topological polar surface area (TPSA) is 56.7 Å². The van der Waals surface area contributed by atoms with Crippen molar-refractivity contribution in [3.05, 3.63) is 34.3 Å². The summed E-state index contributed by atoms with van der Waals surface area (Å²) in [5.74, 6) is 0. The van der Waals surface area contributed by atoms with Gasteiger partial charge >= 0.3 is 0 Å². The fourth-order valence-electron chi connectivity index (χ4n) is 1.39. The van der Waals surface area contributed by atoms with Crippen LogP contribution in [-0.2, 0) is 19.4 Å². The maximum atomic E-state index is 5.45. The van der Waals surface area contributed by atoms with Crippen molar-refractivity contribution in [1.29, 1.82) is 0 Å². The predicted octanol–water partition coefficient (Wildman–Crippen LogP) is 1.08. The van der Waals surface area contributed by atoms with Crippen LogP contribution in [-0.4, -0.2) is 21.5 Å². The lowest BCUT2D eigenvalue weighted by molar-refractivity contribution is 0.592. The molecule has 4 nitrogen and oxygen atoms in total. The fourth-order valence-corrected chi connectivity index (χ4v) is 2.09. The van der Waals surface area contributed by atoms with Crippen LogP contribution in [0.1, 0.15) is 10.6 Å². The van der Waals surface area contributed by atoms with Gasteiger partial charge < -0.3 is 5.73 Å². The SMILES string of the molecule is NCCc1cn(CCc2cccs2)nn1. The van der Waals surface area contributed by atoms with Gasteiger partial charge in [0, 0.05) is 30.5 Å². The molecule has 0 aliphatic heterocycles. The Hall–Kier alpha value is -1.20. The molecule has 0 saturated carbocycles. The standard InChI is InChI=1S/C10H14N4S/c11-5-3-9-8-14(13-12-9)6-4-10-2-1-7-15-10/h1-2,7-8H,3-6,11H2. The Kier molecular flexibility index (Phi) is 3.47. The Balaban J connectivity index is 1.88. The number of hydrogen-bond donors (Lipinski definition) is 1. The predicted molar refractivity (Wildman–Crippen MR) is 60.8 cm³/mol. The maximum Gasteiger partial charge on any atom is 0.0839 e. The van der Waals surface area contributed by atoms with E-state index in [1.807, 2.05) is 10.9 Å². The molecule has 2 rings (SSSR count). The first-order valence-electron chi connectivity index (χ1n) is 5.00. The molecule has 0 fully saturated rings. The summed E-state index contributed by atoms with van der Waals surface area (Å²) in [7, 11) is 0. The molecule has 0 spiro atoms. The van der Waals surface area contributed by atoms with Gasteiger partial charge in [-0.05, 0) is 18.0 Å². The van der Waals surface area contributed by atoms with Crippen LogP contribution in [0.15, 0.2) is 23.7 Å². The monoisotopic (exact) mass is 222 g/mol. The summed E-state index contributed by atoms with van der Waals surface area (Å²) in [5, 5.41) is 10.2. The third-order valence-electron chi connectivity index (χ3n) is 2.15. The van der Waals surface area contributed by atoms with Gasteiger partial charge in [0.05, 0.1) is 5.69 Å². The van der Waals surface area contributed by atoms with E-state index in [1.165, 1.54) is 4.88 Å². The second kappa shape index (κ2) is 5.04. The van der Waals surface area contributed by atoms with E-state index in [0.717, 1.165) is 25.1 Å². The molecule has 0 saturated heterocycles. The Morgan fingerprint density at radius 3 is 3.07 bits per heavy atom. The number of nitrogens with zero attached hydrogens (tertiary/aromatic N) is 3. The van der Waals surface area contributed by atoms with Crippen LogP contribution < -0.4 is 5.73 Å². The zero-order valence-electron chi connectivity index (χ0n) is 8.47. The smallest absolute Gasteiger partial charge is 0.0839 e. The lowest BCUT2D eigenvalue weighted by atomic mass is 10.3. The molecule has 0 radical (unpaired) electrons. The van der Waals surface area contributed by atoms with Crippen molar-refractivity contribution in [3.8, 4) is 0 Å². The second-order valence-corrected chi connectivity index (χ2v) is 4.37. The molecule has 2 heterocycles. The first kappa shape index (κ1) is 10.3. The molecule has 0 unspecified atom stereocenters. The van der Waals surface area contributed by atoms with E-state index in [-0.39, 0.29) is 0 Å². The zero-order valence-corrected chi connectivity index (χ0v) is 9.28. The van der Waals surface area contributed by atoms with Gasteiger partial charge in [0.15, 0.2) is 0 Å². The molecule has 0 atom stereocenters. The van der Waals surface area contributed by atoms with Crippen LogP contribution in [0.4, 0.5) is 0 Å². The van der Waals surface area contributed by atoms with Crippen molar-refractivity contribution in [3.63, 3.8) is 0 Å². The van der Waals surface area contributed by atoms with Gasteiger partial charge in [0.2, 0.25) is 0 Å². The Bertz CT molecular complexity index is 393. The van der Waals surface area contributed by atoms with Crippen LogP contribution in [0, 0.1) is 0 Å². The summed E-state index contributed by atoms with van der Waals surface area (Å²) in [5.41, 5.74) is 6.42. The molecule has 0 bridgehead atoms. The minimum atomic E-state index is 0.629. The minimum absolute atomic E-state index is 0.629. The largest absolute Gasteiger partial charge is 0.330 e. The van der Waals surface area contributed by atoms with Crippen molar-refractivity contribution in [2.24, 2.45) is 5.73 Å². The molecular weight excluding hydrogens is 208 g/mol. The van der Waals surface area contributed by atoms with Gasteiger partial charge in [0.25, 0.3) is 0 Å². The minimum Gasteiger partial charge on any atom is -0.330 e. The van der Waals surface area contributed by atoms with Gasteiger partial charge in [0.1, 0.15) is 0 Å². The highest BCUT2D eigenvalue weighted by Gasteiger charge is 2.00. The summed E-state index contributed by atoms with van der Waals surface area (Å²) in [6.07, 6.45) is 3.79. The van der Waals surface area contributed by atoms with Gasteiger partial charge in [-0.3, -0.25) is 4.68 Å². The molecule has 5 heteroatoms. The highest BCUT2D eigenvalue weighted by molar-refractivity contribution is 7.09. The van der Waals surface area contributed by atoms with Crippen LogP contribution in [0.3, 0.4) is 0 Å². The Labute approximate surface area is 92.7 Å². The number of aromatic nitrogens is 3. The first-order valence-corrected chi connectivity index (χ1v) is 5.88. The quantitative estimate of drug-likeness (QED) is 0.823. The third kappa shape index (κ3) is 2.87. The van der Waals surface area contributed by atoms with Gasteiger partial charge in [-0.15, -0.1) is 16.4 Å². The van der Waals surface area contributed by atoms with Crippen LogP contribution in [0.5, 0.6) is 0 Å². The van der Waals surface area contributed by atoms with Crippen molar-refractivity contribution < 1.29 is 0 Å². The van der Waals surface area contributed by atoms with Gasteiger partial charge in [-0.25, -0.2) is 0 Å². The van der Waals surface area contributed by atoms with E-state index >= 15 is 0 Å². The Morgan fingerprint density at radius 1 is 1.40 bits per heavy atom. The highest BCUT2D eigenvalue weighted by atomic mass is 32.1. The average molecular weight is 222 g/mol. The number of thiophene rings is 1. The van der Waals surface area contributed by atoms with Crippen LogP contribution in [0.2, 0.25) is 0 Å². The molecule has 0 aliphatic carbocycles. The molecule has 2 aromatic rings. The summed E-state index contributed by atoms with van der Waals surface area (Å²) >= 11 is 1.78. The molecule has 0 amide bonds. The molecule has 0 aliphatic rings. The van der Waals surface area contributed by atoms with E-state index in [1.54, 1.807) is 11.3 Å². The zero-order chi connectivity index (χ0) is 10.5. The number of nitrogens with two attached hydrogens (primary N) is 1. The molecule has 15 heavy (non-hydrogen) atoms. The lowest BCUT2D eigenvalue weighted by Crippen LogP contribution is -2.03. The summed E-state index contributed by atoms with van der Waals surface area (Å²) in [4.78, 5) is 1.38. The second-order valence-electron chi connectivity index (χ2n) is 3.34. The summed E-state index contributed by atoms with van der Waals surface area (Å²) in [6, 6.07) is 4.21. The van der Waals surface area contributed by atoms with Crippen molar-refractivity contribution in [2.45, 2.75) is 19.4 Å². The maximum absolute atomic E-state index is 5.45. The molecule has 80 valence electrons. The third-order valence-corrected chi connectivity index (χ3v) is 3.09. The van der Waals surface area contributed by atoms with Crippen molar-refractivity contribution in [1.82, 2.24) is 15.0 Å². The first-order chi connectivity index (χ1) is 7.38. The lowest BCUT2D eigenvalue weighted by Gasteiger charge is -1.96. The summed E-state index contributed by atoms with van der Waals surface area (Å²) < 4.78 is 1.88. The van der Waals surface area contributed by atoms with Crippen LogP contribution >= 0.6 is 11.3 Å². The molecule has 2 N–H and O–H groups in total. The van der Waals surface area contributed by atoms with E-state index < -0.39 is 0 Å². The van der Waals surface area contributed by atoms with E-state index in [0.29, 0.717) is 6.54 Å². The van der Waals surface area contributed by atoms with Gasteiger partial charge in [-0.2, -0.15) is 0 Å². The molecule has 0 aromatic carbocycles. The summed E-state index contributed by atoms with van der Waals surface area (Å²) in [6.45, 7) is 1.52. The molecule has 2 aromatic heterocycles. The Morgan fingerprint density at radius 2 is 2.33 bits per heavy atom. The molecular formula is C10H14N4S. The average Bonchev–Trinajstić information content (AvgIpc) is 2.85. The van der Waals surface area contributed by atoms with Crippen LogP contribution in [0.25, 0.3) is 0 Å². The van der Waals surface area contributed by atoms with Crippen molar-refractivity contribution in [2.75, 3.05) is 6.54 Å². The van der Waals surface area contributed by atoms with E-state index in [2.05, 4.69) is 27.8 Å². The van der Waals surface area contributed by atoms with Gasteiger partial charge in [-0.1, -0.05) is 11.3 Å². The number of aryl methyl sites for hydroxylation is 2. The highest BCUT2D eigenvalue weighted by Crippen LogP contribution is 2.09.